The number of nitrogen functional groups attached to an aromatic ring is 1. The number of halogens is 4. The van der Waals surface area contributed by atoms with Gasteiger partial charge in [0.15, 0.2) is 5.82 Å². The smallest absolute Gasteiger partial charge is 0.396 e. The fourth-order valence-corrected chi connectivity index (χ4v) is 2.09. The van der Waals surface area contributed by atoms with Gasteiger partial charge in [-0.15, -0.1) is 0 Å². The summed E-state index contributed by atoms with van der Waals surface area (Å²) in [5.41, 5.74) is 5.73. The number of hydrogen-bond acceptors (Lipinski definition) is 3. The van der Waals surface area contributed by atoms with E-state index in [1.54, 1.807) is 0 Å². The molecule has 2 N–H and O–H groups in total. The molecule has 0 saturated heterocycles. The quantitative estimate of drug-likeness (QED) is 0.869. The van der Waals surface area contributed by atoms with Gasteiger partial charge in [0.1, 0.15) is 0 Å². The van der Waals surface area contributed by atoms with Crippen molar-refractivity contribution in [3.05, 3.63) is 34.7 Å². The van der Waals surface area contributed by atoms with Crippen molar-refractivity contribution in [2.75, 3.05) is 5.73 Å². The Kier molecular flexibility index (Phi) is 3.65. The standard InChI is InChI=1S/C13H14ClF3N4/c1-12(2,3)10-9(18)6-21(20-10)11-8(14)4-7(5-19-11)13(15,16)17/h4-6H,18H2,1-3H3. The van der Waals surface area contributed by atoms with E-state index in [2.05, 4.69) is 10.1 Å². The third-order valence-corrected chi connectivity index (χ3v) is 3.10. The van der Waals surface area contributed by atoms with Crippen molar-refractivity contribution in [3.8, 4) is 5.82 Å². The number of alkyl halides is 3. The van der Waals surface area contributed by atoms with Gasteiger partial charge >= 0.3 is 6.18 Å². The van der Waals surface area contributed by atoms with Crippen LogP contribution >= 0.6 is 11.6 Å². The van der Waals surface area contributed by atoms with Crippen LogP contribution in [0.15, 0.2) is 18.5 Å². The molecule has 0 fully saturated rings. The highest BCUT2D eigenvalue weighted by molar-refractivity contribution is 6.32. The van der Waals surface area contributed by atoms with Gasteiger partial charge in [-0.05, 0) is 6.07 Å². The Balaban J connectivity index is 2.49. The highest BCUT2D eigenvalue weighted by Crippen LogP contribution is 2.33. The predicted octanol–water partition coefficient (Wildman–Crippen LogP) is 3.82. The van der Waals surface area contributed by atoms with Crippen LogP contribution in [0.4, 0.5) is 18.9 Å². The van der Waals surface area contributed by atoms with Gasteiger partial charge in [0.25, 0.3) is 0 Å². The minimum atomic E-state index is -4.49. The zero-order valence-corrected chi connectivity index (χ0v) is 12.4. The van der Waals surface area contributed by atoms with Crippen LogP contribution in [-0.2, 0) is 11.6 Å². The SMILES string of the molecule is CC(C)(C)c1nn(-c2ncc(C(F)(F)F)cc2Cl)cc1N. The summed E-state index contributed by atoms with van der Waals surface area (Å²) in [6, 6.07) is 0.818. The Labute approximate surface area is 124 Å². The summed E-state index contributed by atoms with van der Waals surface area (Å²) in [5, 5.41) is 4.12. The van der Waals surface area contributed by atoms with E-state index in [0.717, 1.165) is 12.3 Å². The van der Waals surface area contributed by atoms with E-state index in [1.807, 2.05) is 20.8 Å². The number of nitrogens with zero attached hydrogens (tertiary/aromatic N) is 3. The molecule has 0 radical (unpaired) electrons. The normalized spacial score (nSPS) is 12.7. The summed E-state index contributed by atoms with van der Waals surface area (Å²) in [6.07, 6.45) is -2.28. The molecular formula is C13H14ClF3N4. The third-order valence-electron chi connectivity index (χ3n) is 2.82. The Hall–Kier alpha value is -1.76. The summed E-state index contributed by atoms with van der Waals surface area (Å²) >= 11 is 5.88. The first kappa shape index (κ1) is 15.6. The van der Waals surface area contributed by atoms with E-state index in [0.29, 0.717) is 11.4 Å². The summed E-state index contributed by atoms with van der Waals surface area (Å²) in [7, 11) is 0. The Morgan fingerprint density at radius 2 is 1.86 bits per heavy atom. The first-order valence-electron chi connectivity index (χ1n) is 6.09. The fourth-order valence-electron chi connectivity index (χ4n) is 1.83. The molecule has 2 heterocycles. The maximum Gasteiger partial charge on any atom is 0.417 e. The van der Waals surface area contributed by atoms with Crippen molar-refractivity contribution in [2.24, 2.45) is 0 Å². The Bertz CT molecular complexity index is 671. The molecule has 0 aliphatic heterocycles. The van der Waals surface area contributed by atoms with Gasteiger partial charge in [-0.25, -0.2) is 9.67 Å². The maximum atomic E-state index is 12.6. The van der Waals surface area contributed by atoms with Crippen molar-refractivity contribution in [2.45, 2.75) is 32.4 Å². The average Bonchev–Trinajstić information content (AvgIpc) is 2.69. The van der Waals surface area contributed by atoms with Gasteiger partial charge in [0.05, 0.1) is 28.2 Å². The van der Waals surface area contributed by atoms with Crippen LogP contribution in [0.1, 0.15) is 32.0 Å². The number of hydrogen-bond donors (Lipinski definition) is 1. The zero-order valence-electron chi connectivity index (χ0n) is 11.7. The van der Waals surface area contributed by atoms with Gasteiger partial charge in [-0.3, -0.25) is 0 Å². The second-order valence-electron chi connectivity index (χ2n) is 5.65. The van der Waals surface area contributed by atoms with Crippen LogP contribution in [0.25, 0.3) is 5.82 Å². The lowest BCUT2D eigenvalue weighted by Crippen LogP contribution is -2.15. The molecule has 0 aliphatic rings. The van der Waals surface area contributed by atoms with E-state index in [9.17, 15) is 13.2 Å². The van der Waals surface area contributed by atoms with Crippen molar-refractivity contribution < 1.29 is 13.2 Å². The largest absolute Gasteiger partial charge is 0.417 e. The number of pyridine rings is 1. The molecule has 8 heteroatoms. The molecule has 0 unspecified atom stereocenters. The monoisotopic (exact) mass is 318 g/mol. The lowest BCUT2D eigenvalue weighted by molar-refractivity contribution is -0.137. The summed E-state index contributed by atoms with van der Waals surface area (Å²) < 4.78 is 39.0. The molecule has 0 amide bonds. The Morgan fingerprint density at radius 1 is 1.24 bits per heavy atom. The maximum absolute atomic E-state index is 12.6. The number of rotatable bonds is 1. The first-order chi connectivity index (χ1) is 9.50. The second-order valence-corrected chi connectivity index (χ2v) is 6.06. The van der Waals surface area contributed by atoms with Crippen LogP contribution in [-0.4, -0.2) is 14.8 Å². The third kappa shape index (κ3) is 3.12. The highest BCUT2D eigenvalue weighted by Gasteiger charge is 2.32. The molecule has 0 spiro atoms. The molecule has 0 aromatic carbocycles. The molecule has 114 valence electrons. The minimum Gasteiger partial charge on any atom is -0.396 e. The average molecular weight is 319 g/mol. The van der Waals surface area contributed by atoms with E-state index in [-0.39, 0.29) is 16.3 Å². The number of aromatic nitrogens is 3. The molecule has 0 atom stereocenters. The molecule has 2 aromatic heterocycles. The number of anilines is 1. The predicted molar refractivity (Wildman–Crippen MR) is 74.5 cm³/mol. The van der Waals surface area contributed by atoms with Crippen molar-refractivity contribution in [1.29, 1.82) is 0 Å². The van der Waals surface area contributed by atoms with Gasteiger partial charge in [0, 0.05) is 11.6 Å². The van der Waals surface area contributed by atoms with Gasteiger partial charge in [0.2, 0.25) is 0 Å². The highest BCUT2D eigenvalue weighted by atomic mass is 35.5. The van der Waals surface area contributed by atoms with Crippen molar-refractivity contribution in [3.63, 3.8) is 0 Å². The summed E-state index contributed by atoms with van der Waals surface area (Å²) in [6.45, 7) is 5.79. The molecule has 21 heavy (non-hydrogen) atoms. The van der Waals surface area contributed by atoms with Crippen LogP contribution in [0.5, 0.6) is 0 Å². The fraction of sp³-hybridized carbons (Fsp3) is 0.385. The molecule has 0 aliphatic carbocycles. The lowest BCUT2D eigenvalue weighted by atomic mass is 9.92. The topological polar surface area (TPSA) is 56.7 Å². The number of nitrogens with two attached hydrogens (primary N) is 1. The van der Waals surface area contributed by atoms with Gasteiger partial charge in [-0.1, -0.05) is 32.4 Å². The van der Waals surface area contributed by atoms with Crippen molar-refractivity contribution in [1.82, 2.24) is 14.8 Å². The van der Waals surface area contributed by atoms with E-state index in [4.69, 9.17) is 17.3 Å². The van der Waals surface area contributed by atoms with Gasteiger partial charge in [-0.2, -0.15) is 18.3 Å². The van der Waals surface area contributed by atoms with E-state index in [1.165, 1.54) is 10.9 Å². The van der Waals surface area contributed by atoms with Crippen LogP contribution in [0, 0.1) is 0 Å². The van der Waals surface area contributed by atoms with Crippen LogP contribution < -0.4 is 5.73 Å². The lowest BCUT2D eigenvalue weighted by Gasteiger charge is -2.15. The van der Waals surface area contributed by atoms with Crippen LogP contribution in [0.3, 0.4) is 0 Å². The summed E-state index contributed by atoms with van der Waals surface area (Å²) in [4.78, 5) is 3.74. The van der Waals surface area contributed by atoms with Crippen LogP contribution in [0.2, 0.25) is 5.02 Å². The van der Waals surface area contributed by atoms with Gasteiger partial charge < -0.3 is 5.73 Å². The molecule has 2 aromatic rings. The molecule has 2 rings (SSSR count). The summed E-state index contributed by atoms with van der Waals surface area (Å²) in [5.74, 6) is 0.104. The van der Waals surface area contributed by atoms with E-state index >= 15 is 0 Å². The molecule has 0 bridgehead atoms. The molecule has 0 saturated carbocycles. The first-order valence-corrected chi connectivity index (χ1v) is 6.46. The van der Waals surface area contributed by atoms with Crippen molar-refractivity contribution >= 4 is 17.3 Å². The second kappa shape index (κ2) is 4.91. The molecular weight excluding hydrogens is 305 g/mol. The molecule has 4 nitrogen and oxygen atoms in total. The zero-order chi connectivity index (χ0) is 16.0. The Morgan fingerprint density at radius 3 is 2.29 bits per heavy atom. The van der Waals surface area contributed by atoms with E-state index < -0.39 is 11.7 Å². The minimum absolute atomic E-state index is 0.104.